The molecule has 2 rings (SSSR count). The average Bonchev–Trinajstić information content (AvgIpc) is 2.35. The van der Waals surface area contributed by atoms with Gasteiger partial charge in [0.05, 0.1) is 10.7 Å². The number of nitrogens with zero attached hydrogens (tertiary/aromatic N) is 2. The zero-order valence-electron chi connectivity index (χ0n) is 10.3. The second-order valence-electron chi connectivity index (χ2n) is 4.32. The van der Waals surface area contributed by atoms with E-state index in [0.29, 0.717) is 17.4 Å². The highest BCUT2D eigenvalue weighted by Gasteiger charge is 2.07. The number of rotatable bonds is 4. The number of benzene rings is 1. The quantitative estimate of drug-likeness (QED) is 0.920. The molecule has 2 N–H and O–H groups in total. The van der Waals surface area contributed by atoms with Crippen LogP contribution in [0.3, 0.4) is 0 Å². The number of hydrogen-bond acceptors (Lipinski definition) is 3. The van der Waals surface area contributed by atoms with Gasteiger partial charge < -0.3 is 5.73 Å². The fourth-order valence-electron chi connectivity index (χ4n) is 1.82. The van der Waals surface area contributed by atoms with E-state index < -0.39 is 0 Å². The van der Waals surface area contributed by atoms with E-state index in [1.54, 1.807) is 12.1 Å². The molecule has 0 atom stereocenters. The van der Waals surface area contributed by atoms with Gasteiger partial charge >= 0.3 is 0 Å². The van der Waals surface area contributed by atoms with Crippen LogP contribution in [-0.4, -0.2) is 16.9 Å². The molecule has 3 nitrogen and oxygen atoms in total. The molecule has 0 aliphatic rings. The van der Waals surface area contributed by atoms with Gasteiger partial charge in [0.1, 0.15) is 5.82 Å². The minimum Gasteiger partial charge on any atom is -0.384 e. The Morgan fingerprint density at radius 1 is 1.11 bits per heavy atom. The molecule has 0 unspecified atom stereocenters. The number of nitrogens with two attached hydrogens (primary N) is 1. The molecular formula is C14H16ClN3. The first-order valence-electron chi connectivity index (χ1n) is 5.78. The van der Waals surface area contributed by atoms with Crippen molar-refractivity contribution < 1.29 is 0 Å². The lowest BCUT2D eigenvalue weighted by Gasteiger charge is -2.17. The van der Waals surface area contributed by atoms with E-state index in [1.165, 1.54) is 5.56 Å². The molecule has 2 aromatic rings. The first-order chi connectivity index (χ1) is 8.65. The third kappa shape index (κ3) is 3.45. The number of aromatic nitrogens is 1. The normalized spacial score (nSPS) is 10.8. The Kier molecular flexibility index (Phi) is 4.18. The summed E-state index contributed by atoms with van der Waals surface area (Å²) in [5.74, 6) is 0.502. The molecule has 18 heavy (non-hydrogen) atoms. The minimum absolute atomic E-state index is 0.502. The lowest BCUT2D eigenvalue weighted by atomic mass is 10.2. The second-order valence-corrected chi connectivity index (χ2v) is 4.73. The van der Waals surface area contributed by atoms with Crippen molar-refractivity contribution in [1.29, 1.82) is 0 Å². The van der Waals surface area contributed by atoms with Crippen LogP contribution in [0.1, 0.15) is 11.3 Å². The molecule has 4 heteroatoms. The average molecular weight is 262 g/mol. The van der Waals surface area contributed by atoms with Gasteiger partial charge in [-0.1, -0.05) is 41.9 Å². The largest absolute Gasteiger partial charge is 0.384 e. The molecule has 1 aromatic carbocycles. The lowest BCUT2D eigenvalue weighted by Crippen LogP contribution is -2.18. The van der Waals surface area contributed by atoms with Crippen molar-refractivity contribution in [2.24, 2.45) is 0 Å². The van der Waals surface area contributed by atoms with E-state index in [9.17, 15) is 0 Å². The van der Waals surface area contributed by atoms with Crippen molar-refractivity contribution in [3.05, 3.63) is 58.7 Å². The van der Waals surface area contributed by atoms with Crippen LogP contribution in [0, 0.1) is 0 Å². The van der Waals surface area contributed by atoms with Gasteiger partial charge in [-0.3, -0.25) is 4.90 Å². The Balaban J connectivity index is 2.03. The summed E-state index contributed by atoms with van der Waals surface area (Å²) in [6.45, 7) is 1.53. The summed E-state index contributed by atoms with van der Waals surface area (Å²) in [4.78, 5) is 6.41. The van der Waals surface area contributed by atoms with Crippen molar-refractivity contribution in [2.45, 2.75) is 13.1 Å². The number of halogens is 1. The number of nitrogen functional groups attached to an aromatic ring is 1. The highest BCUT2D eigenvalue weighted by molar-refractivity contribution is 6.31. The molecule has 0 fully saturated rings. The molecule has 0 radical (unpaired) electrons. The van der Waals surface area contributed by atoms with Gasteiger partial charge in [-0.25, -0.2) is 4.98 Å². The Labute approximate surface area is 112 Å². The van der Waals surface area contributed by atoms with Gasteiger partial charge in [-0.2, -0.15) is 0 Å². The fraction of sp³-hybridized carbons (Fsp3) is 0.214. The van der Waals surface area contributed by atoms with E-state index in [1.807, 2.05) is 25.2 Å². The van der Waals surface area contributed by atoms with E-state index >= 15 is 0 Å². The number of anilines is 1. The van der Waals surface area contributed by atoms with Gasteiger partial charge in [0, 0.05) is 13.1 Å². The van der Waals surface area contributed by atoms with Crippen LogP contribution < -0.4 is 5.73 Å². The van der Waals surface area contributed by atoms with Crippen molar-refractivity contribution in [3.8, 4) is 0 Å². The monoisotopic (exact) mass is 261 g/mol. The molecular weight excluding hydrogens is 246 g/mol. The van der Waals surface area contributed by atoms with Crippen molar-refractivity contribution in [3.63, 3.8) is 0 Å². The molecule has 0 aliphatic carbocycles. The number of hydrogen-bond donors (Lipinski definition) is 1. The fourth-order valence-corrected chi connectivity index (χ4v) is 1.98. The van der Waals surface area contributed by atoms with Gasteiger partial charge in [-0.05, 0) is 24.7 Å². The van der Waals surface area contributed by atoms with Gasteiger partial charge in [-0.15, -0.1) is 0 Å². The summed E-state index contributed by atoms with van der Waals surface area (Å²) in [6, 6.07) is 13.8. The SMILES string of the molecule is CN(Cc1ccccc1)Cc1nc(N)ccc1Cl. The van der Waals surface area contributed by atoms with E-state index in [4.69, 9.17) is 17.3 Å². The highest BCUT2D eigenvalue weighted by atomic mass is 35.5. The van der Waals surface area contributed by atoms with E-state index in [2.05, 4.69) is 22.0 Å². The minimum atomic E-state index is 0.502. The molecule has 0 aliphatic heterocycles. The van der Waals surface area contributed by atoms with Crippen LogP contribution in [0.2, 0.25) is 5.02 Å². The van der Waals surface area contributed by atoms with Crippen LogP contribution in [0.5, 0.6) is 0 Å². The molecule has 1 heterocycles. The Bertz CT molecular complexity index is 514. The van der Waals surface area contributed by atoms with E-state index in [0.717, 1.165) is 12.2 Å². The van der Waals surface area contributed by atoms with Crippen molar-refractivity contribution in [1.82, 2.24) is 9.88 Å². The molecule has 0 bridgehead atoms. The predicted molar refractivity (Wildman–Crippen MR) is 75.3 cm³/mol. The van der Waals surface area contributed by atoms with Crippen molar-refractivity contribution >= 4 is 17.4 Å². The van der Waals surface area contributed by atoms with Gasteiger partial charge in [0.25, 0.3) is 0 Å². The topological polar surface area (TPSA) is 42.2 Å². The maximum Gasteiger partial charge on any atom is 0.123 e. The third-order valence-electron chi connectivity index (χ3n) is 2.66. The molecule has 0 amide bonds. The summed E-state index contributed by atoms with van der Waals surface area (Å²) >= 11 is 6.10. The first kappa shape index (κ1) is 12.9. The lowest BCUT2D eigenvalue weighted by molar-refractivity contribution is 0.315. The van der Waals surface area contributed by atoms with E-state index in [-0.39, 0.29) is 0 Å². The summed E-state index contributed by atoms with van der Waals surface area (Å²) in [5, 5.41) is 0.657. The number of pyridine rings is 1. The Hall–Kier alpha value is -1.58. The third-order valence-corrected chi connectivity index (χ3v) is 3.00. The van der Waals surface area contributed by atoms with Crippen LogP contribution in [0.25, 0.3) is 0 Å². The smallest absolute Gasteiger partial charge is 0.123 e. The Morgan fingerprint density at radius 2 is 1.83 bits per heavy atom. The van der Waals surface area contributed by atoms with Crippen LogP contribution >= 0.6 is 11.6 Å². The molecule has 0 saturated heterocycles. The molecule has 1 aromatic heterocycles. The highest BCUT2D eigenvalue weighted by Crippen LogP contribution is 2.17. The maximum absolute atomic E-state index is 6.10. The molecule has 94 valence electrons. The zero-order valence-corrected chi connectivity index (χ0v) is 11.1. The van der Waals surface area contributed by atoms with Gasteiger partial charge in [0.2, 0.25) is 0 Å². The summed E-state index contributed by atoms with van der Waals surface area (Å²) in [7, 11) is 2.04. The Morgan fingerprint density at radius 3 is 2.56 bits per heavy atom. The molecule has 0 saturated carbocycles. The maximum atomic E-state index is 6.10. The summed E-state index contributed by atoms with van der Waals surface area (Å²) in [6.07, 6.45) is 0. The summed E-state index contributed by atoms with van der Waals surface area (Å²) in [5.41, 5.74) is 7.75. The standard InChI is InChI=1S/C14H16ClN3/c1-18(9-11-5-3-2-4-6-11)10-13-12(15)7-8-14(16)17-13/h2-8H,9-10H2,1H3,(H2,16,17). The zero-order chi connectivity index (χ0) is 13.0. The summed E-state index contributed by atoms with van der Waals surface area (Å²) < 4.78 is 0. The second kappa shape index (κ2) is 5.85. The first-order valence-corrected chi connectivity index (χ1v) is 6.16. The van der Waals surface area contributed by atoms with Crippen LogP contribution in [-0.2, 0) is 13.1 Å². The van der Waals surface area contributed by atoms with Crippen molar-refractivity contribution in [2.75, 3.05) is 12.8 Å². The predicted octanol–water partition coefficient (Wildman–Crippen LogP) is 2.95. The molecule has 0 spiro atoms. The van der Waals surface area contributed by atoms with Crippen LogP contribution in [0.4, 0.5) is 5.82 Å². The van der Waals surface area contributed by atoms with Gasteiger partial charge in [0.15, 0.2) is 0 Å². The van der Waals surface area contributed by atoms with Crippen LogP contribution in [0.15, 0.2) is 42.5 Å².